The van der Waals surface area contributed by atoms with E-state index in [1.807, 2.05) is 4.90 Å². The van der Waals surface area contributed by atoms with Crippen LogP contribution in [0.15, 0.2) is 53.4 Å². The molecule has 0 aliphatic carbocycles. The quantitative estimate of drug-likeness (QED) is 0.456. The van der Waals surface area contributed by atoms with Crippen LogP contribution in [0, 0.1) is 15.9 Å². The SMILES string of the molecule is O=C(CSc1ccc([N+](=O)[O-])cc1)N1CCCC1c1ccc(F)cc1. The van der Waals surface area contributed by atoms with Crippen molar-refractivity contribution in [3.8, 4) is 0 Å². The fourth-order valence-electron chi connectivity index (χ4n) is 2.99. The fourth-order valence-corrected chi connectivity index (χ4v) is 3.77. The molecule has 5 nitrogen and oxygen atoms in total. The van der Waals surface area contributed by atoms with Gasteiger partial charge in [0.15, 0.2) is 0 Å². The molecule has 130 valence electrons. The number of amides is 1. The van der Waals surface area contributed by atoms with Gasteiger partial charge in [-0.2, -0.15) is 0 Å². The minimum atomic E-state index is -0.447. The number of nitro groups is 1. The van der Waals surface area contributed by atoms with E-state index in [4.69, 9.17) is 0 Å². The molecule has 1 unspecified atom stereocenters. The lowest BCUT2D eigenvalue weighted by Gasteiger charge is -2.25. The summed E-state index contributed by atoms with van der Waals surface area (Å²) in [5.74, 6) is 0.0127. The Balaban J connectivity index is 1.62. The first kappa shape index (κ1) is 17.4. The number of nitrogens with zero attached hydrogens (tertiary/aromatic N) is 2. The van der Waals surface area contributed by atoms with Gasteiger partial charge >= 0.3 is 0 Å². The first-order valence-electron chi connectivity index (χ1n) is 7.97. The Morgan fingerprint density at radius 2 is 1.88 bits per heavy atom. The number of halogens is 1. The monoisotopic (exact) mass is 360 g/mol. The molecule has 1 aliphatic rings. The second-order valence-electron chi connectivity index (χ2n) is 5.84. The molecule has 1 amide bonds. The van der Waals surface area contributed by atoms with Crippen LogP contribution in [-0.4, -0.2) is 28.0 Å². The molecule has 25 heavy (non-hydrogen) atoms. The number of rotatable bonds is 5. The number of hydrogen-bond donors (Lipinski definition) is 0. The van der Waals surface area contributed by atoms with Crippen LogP contribution in [-0.2, 0) is 4.79 Å². The van der Waals surface area contributed by atoms with Crippen LogP contribution in [0.2, 0.25) is 0 Å². The average Bonchev–Trinajstić information content (AvgIpc) is 3.10. The van der Waals surface area contributed by atoms with Crippen molar-refractivity contribution in [2.75, 3.05) is 12.3 Å². The van der Waals surface area contributed by atoms with Gasteiger partial charge in [-0.15, -0.1) is 11.8 Å². The van der Waals surface area contributed by atoms with E-state index in [0.717, 1.165) is 23.3 Å². The molecule has 1 saturated heterocycles. The Labute approximate surface area is 149 Å². The Kier molecular flexibility index (Phi) is 5.33. The van der Waals surface area contributed by atoms with Crippen molar-refractivity contribution in [1.29, 1.82) is 0 Å². The summed E-state index contributed by atoms with van der Waals surface area (Å²) < 4.78 is 13.1. The lowest BCUT2D eigenvalue weighted by atomic mass is 10.0. The van der Waals surface area contributed by atoms with Crippen LogP contribution >= 0.6 is 11.8 Å². The van der Waals surface area contributed by atoms with Gasteiger partial charge in [0, 0.05) is 23.6 Å². The van der Waals surface area contributed by atoms with Gasteiger partial charge in [0.05, 0.1) is 16.7 Å². The topological polar surface area (TPSA) is 63.4 Å². The van der Waals surface area contributed by atoms with Crippen molar-refractivity contribution in [2.45, 2.75) is 23.8 Å². The van der Waals surface area contributed by atoms with Crippen LogP contribution in [0.25, 0.3) is 0 Å². The Morgan fingerprint density at radius 1 is 1.20 bits per heavy atom. The summed E-state index contributed by atoms with van der Waals surface area (Å²) in [6.45, 7) is 0.696. The Bertz CT molecular complexity index is 765. The third-order valence-corrected chi connectivity index (χ3v) is 5.23. The maximum Gasteiger partial charge on any atom is 0.269 e. The van der Waals surface area contributed by atoms with Crippen molar-refractivity contribution in [2.24, 2.45) is 0 Å². The summed E-state index contributed by atoms with van der Waals surface area (Å²) in [6, 6.07) is 12.5. The van der Waals surface area contributed by atoms with Crippen LogP contribution < -0.4 is 0 Å². The molecule has 1 atom stereocenters. The molecule has 1 heterocycles. The van der Waals surface area contributed by atoms with E-state index in [0.29, 0.717) is 6.54 Å². The molecular weight excluding hydrogens is 343 g/mol. The van der Waals surface area contributed by atoms with Crippen LogP contribution in [0.3, 0.4) is 0 Å². The van der Waals surface area contributed by atoms with Gasteiger partial charge in [0.1, 0.15) is 5.82 Å². The number of benzene rings is 2. The summed E-state index contributed by atoms with van der Waals surface area (Å²) in [6.07, 6.45) is 1.80. The van der Waals surface area contributed by atoms with Crippen LogP contribution in [0.5, 0.6) is 0 Å². The largest absolute Gasteiger partial charge is 0.335 e. The second-order valence-corrected chi connectivity index (χ2v) is 6.89. The molecule has 1 aliphatic heterocycles. The van der Waals surface area contributed by atoms with E-state index in [9.17, 15) is 19.3 Å². The predicted octanol–water partition coefficient (Wildman–Crippen LogP) is 4.19. The highest BCUT2D eigenvalue weighted by atomic mass is 32.2. The third kappa shape index (κ3) is 4.17. The lowest BCUT2D eigenvalue weighted by Crippen LogP contribution is -2.31. The summed E-state index contributed by atoms with van der Waals surface area (Å²) in [4.78, 5) is 25.4. The van der Waals surface area contributed by atoms with E-state index >= 15 is 0 Å². The summed E-state index contributed by atoms with van der Waals surface area (Å²) in [5.41, 5.74) is 0.985. The highest BCUT2D eigenvalue weighted by Crippen LogP contribution is 2.33. The molecular formula is C18H17FN2O3S. The summed E-state index contributed by atoms with van der Waals surface area (Å²) in [5, 5.41) is 10.7. The smallest absolute Gasteiger partial charge is 0.269 e. The highest BCUT2D eigenvalue weighted by Gasteiger charge is 2.29. The molecule has 0 bridgehead atoms. The highest BCUT2D eigenvalue weighted by molar-refractivity contribution is 8.00. The molecule has 7 heteroatoms. The fraction of sp³-hybridized carbons (Fsp3) is 0.278. The first-order valence-corrected chi connectivity index (χ1v) is 8.95. The molecule has 1 fully saturated rings. The average molecular weight is 360 g/mol. The Hall–Kier alpha value is -2.41. The van der Waals surface area contributed by atoms with Crippen molar-refractivity contribution < 1.29 is 14.1 Å². The maximum absolute atomic E-state index is 13.1. The zero-order valence-electron chi connectivity index (χ0n) is 13.4. The number of carbonyl (C=O) groups excluding carboxylic acids is 1. The zero-order chi connectivity index (χ0) is 17.8. The van der Waals surface area contributed by atoms with Gasteiger partial charge in [-0.05, 0) is 42.7 Å². The second kappa shape index (κ2) is 7.65. The molecule has 0 spiro atoms. The van der Waals surface area contributed by atoms with Crippen molar-refractivity contribution in [3.05, 3.63) is 70.0 Å². The lowest BCUT2D eigenvalue weighted by molar-refractivity contribution is -0.384. The third-order valence-electron chi connectivity index (χ3n) is 4.24. The molecule has 0 aromatic heterocycles. The molecule has 0 N–H and O–H groups in total. The molecule has 2 aromatic rings. The van der Waals surface area contributed by atoms with Crippen molar-refractivity contribution in [3.63, 3.8) is 0 Å². The minimum Gasteiger partial charge on any atom is -0.335 e. The zero-order valence-corrected chi connectivity index (χ0v) is 14.2. The van der Waals surface area contributed by atoms with Gasteiger partial charge in [0.25, 0.3) is 5.69 Å². The normalized spacial score (nSPS) is 16.8. The number of non-ortho nitro benzene ring substituents is 1. The van der Waals surface area contributed by atoms with E-state index in [1.165, 1.54) is 36.0 Å². The number of carbonyl (C=O) groups is 1. The van der Waals surface area contributed by atoms with E-state index in [2.05, 4.69) is 0 Å². The van der Waals surface area contributed by atoms with Gasteiger partial charge in [-0.25, -0.2) is 4.39 Å². The molecule has 0 saturated carbocycles. The van der Waals surface area contributed by atoms with Crippen LogP contribution in [0.1, 0.15) is 24.4 Å². The number of thioether (sulfide) groups is 1. The van der Waals surface area contributed by atoms with Crippen LogP contribution in [0.4, 0.5) is 10.1 Å². The predicted molar refractivity (Wildman–Crippen MR) is 93.9 cm³/mol. The Morgan fingerprint density at radius 3 is 2.52 bits per heavy atom. The maximum atomic E-state index is 13.1. The first-order chi connectivity index (χ1) is 12.0. The van der Waals surface area contributed by atoms with Crippen molar-refractivity contribution in [1.82, 2.24) is 4.90 Å². The number of nitro benzene ring substituents is 1. The standard InChI is InChI=1S/C18H17FN2O3S/c19-14-5-3-13(4-6-14)17-2-1-11-20(17)18(22)12-25-16-9-7-15(8-10-16)21(23)24/h3-10,17H,1-2,11-12H2. The van der Waals surface area contributed by atoms with Gasteiger partial charge in [-0.3, -0.25) is 14.9 Å². The minimum absolute atomic E-state index is 0.00874. The number of likely N-dealkylation sites (tertiary alicyclic amines) is 1. The molecule has 2 aromatic carbocycles. The number of hydrogen-bond acceptors (Lipinski definition) is 4. The summed E-state index contributed by atoms with van der Waals surface area (Å²) in [7, 11) is 0. The molecule has 0 radical (unpaired) electrons. The van der Waals surface area contributed by atoms with Gasteiger partial charge < -0.3 is 4.90 Å². The van der Waals surface area contributed by atoms with E-state index in [-0.39, 0.29) is 29.2 Å². The van der Waals surface area contributed by atoms with Gasteiger partial charge in [0.2, 0.25) is 5.91 Å². The van der Waals surface area contributed by atoms with Crippen molar-refractivity contribution >= 4 is 23.4 Å². The van der Waals surface area contributed by atoms with Gasteiger partial charge in [-0.1, -0.05) is 12.1 Å². The summed E-state index contributed by atoms with van der Waals surface area (Å²) >= 11 is 1.36. The van der Waals surface area contributed by atoms with E-state index in [1.54, 1.807) is 24.3 Å². The van der Waals surface area contributed by atoms with E-state index < -0.39 is 4.92 Å². The molecule has 3 rings (SSSR count).